The van der Waals surface area contributed by atoms with Crippen LogP contribution in [-0.2, 0) is 0 Å². The third-order valence-corrected chi connectivity index (χ3v) is 3.94. The van der Waals surface area contributed by atoms with Gasteiger partial charge >= 0.3 is 0 Å². The van der Waals surface area contributed by atoms with E-state index in [2.05, 4.69) is 24.3 Å². The molecule has 2 aromatic rings. The maximum Gasteiger partial charge on any atom is 0.255 e. The summed E-state index contributed by atoms with van der Waals surface area (Å²) in [6, 6.07) is 17.7. The van der Waals surface area contributed by atoms with E-state index in [0.717, 1.165) is 19.5 Å². The van der Waals surface area contributed by atoms with Gasteiger partial charge in [0.05, 0.1) is 5.56 Å². The van der Waals surface area contributed by atoms with Gasteiger partial charge < -0.3 is 10.6 Å². The number of para-hydroxylation sites is 1. The van der Waals surface area contributed by atoms with Crippen molar-refractivity contribution in [2.75, 3.05) is 18.8 Å². The highest BCUT2D eigenvalue weighted by molar-refractivity contribution is 5.99. The maximum atomic E-state index is 12.5. The SMILES string of the molecule is Nc1ccccc1C(=O)N1CC[C@@H](c2ccccc2)C1. The highest BCUT2D eigenvalue weighted by Gasteiger charge is 2.28. The van der Waals surface area contributed by atoms with Crippen LogP contribution < -0.4 is 5.73 Å². The van der Waals surface area contributed by atoms with Gasteiger partial charge in [0.2, 0.25) is 0 Å². The zero-order valence-electron chi connectivity index (χ0n) is 11.3. The van der Waals surface area contributed by atoms with Crippen LogP contribution in [0.4, 0.5) is 5.69 Å². The van der Waals surface area contributed by atoms with Crippen LogP contribution in [0.3, 0.4) is 0 Å². The predicted octanol–water partition coefficient (Wildman–Crippen LogP) is 2.90. The number of hydrogen-bond acceptors (Lipinski definition) is 2. The number of nitrogens with two attached hydrogens (primary N) is 1. The summed E-state index contributed by atoms with van der Waals surface area (Å²) in [6.45, 7) is 1.57. The molecule has 2 aromatic carbocycles. The Kier molecular flexibility index (Phi) is 3.42. The molecule has 0 radical (unpaired) electrons. The molecule has 0 saturated carbocycles. The molecule has 1 atom stereocenters. The molecule has 1 aliphatic rings. The highest BCUT2D eigenvalue weighted by Crippen LogP contribution is 2.28. The quantitative estimate of drug-likeness (QED) is 0.850. The van der Waals surface area contributed by atoms with Crippen LogP contribution in [0.1, 0.15) is 28.3 Å². The summed E-state index contributed by atoms with van der Waals surface area (Å²) in [5.41, 5.74) is 8.36. The molecule has 0 aromatic heterocycles. The van der Waals surface area contributed by atoms with Crippen molar-refractivity contribution < 1.29 is 4.79 Å². The van der Waals surface area contributed by atoms with Gasteiger partial charge in [0, 0.05) is 24.7 Å². The van der Waals surface area contributed by atoms with Crippen molar-refractivity contribution in [3.8, 4) is 0 Å². The van der Waals surface area contributed by atoms with Crippen molar-refractivity contribution in [1.82, 2.24) is 4.90 Å². The lowest BCUT2D eigenvalue weighted by molar-refractivity contribution is 0.0792. The number of anilines is 1. The lowest BCUT2D eigenvalue weighted by atomic mass is 9.99. The van der Waals surface area contributed by atoms with Crippen LogP contribution in [0, 0.1) is 0 Å². The summed E-state index contributed by atoms with van der Waals surface area (Å²) in [6.07, 6.45) is 1.02. The van der Waals surface area contributed by atoms with Crippen LogP contribution >= 0.6 is 0 Å². The van der Waals surface area contributed by atoms with Gasteiger partial charge in [-0.25, -0.2) is 0 Å². The average Bonchev–Trinajstić information content (AvgIpc) is 2.98. The number of likely N-dealkylation sites (tertiary alicyclic amines) is 1. The number of carbonyl (C=O) groups is 1. The molecule has 1 heterocycles. The minimum absolute atomic E-state index is 0.0431. The Morgan fingerprint density at radius 2 is 1.75 bits per heavy atom. The summed E-state index contributed by atoms with van der Waals surface area (Å²) in [5, 5.41) is 0. The van der Waals surface area contributed by atoms with E-state index in [9.17, 15) is 4.79 Å². The van der Waals surface area contributed by atoms with Gasteiger partial charge in [-0.05, 0) is 24.1 Å². The zero-order chi connectivity index (χ0) is 13.9. The molecule has 1 saturated heterocycles. The summed E-state index contributed by atoms with van der Waals surface area (Å²) < 4.78 is 0. The van der Waals surface area contributed by atoms with Crippen LogP contribution in [0.25, 0.3) is 0 Å². The Bertz CT molecular complexity index is 609. The third kappa shape index (κ3) is 2.39. The van der Waals surface area contributed by atoms with E-state index in [-0.39, 0.29) is 5.91 Å². The van der Waals surface area contributed by atoms with Crippen LogP contribution in [0.2, 0.25) is 0 Å². The van der Waals surface area contributed by atoms with Crippen molar-refractivity contribution in [3.05, 3.63) is 65.7 Å². The van der Waals surface area contributed by atoms with Gasteiger partial charge in [0.1, 0.15) is 0 Å². The molecule has 0 bridgehead atoms. The van der Waals surface area contributed by atoms with E-state index in [4.69, 9.17) is 5.73 Å². The third-order valence-electron chi connectivity index (χ3n) is 3.94. The number of hydrogen-bond donors (Lipinski definition) is 1. The molecular weight excluding hydrogens is 248 g/mol. The molecule has 1 amide bonds. The molecular formula is C17H18N2O. The first-order chi connectivity index (χ1) is 9.75. The Hall–Kier alpha value is -2.29. The van der Waals surface area contributed by atoms with Crippen molar-refractivity contribution >= 4 is 11.6 Å². The molecule has 2 N–H and O–H groups in total. The van der Waals surface area contributed by atoms with Crippen molar-refractivity contribution in [1.29, 1.82) is 0 Å². The average molecular weight is 266 g/mol. The molecule has 0 spiro atoms. The van der Waals surface area contributed by atoms with Crippen molar-refractivity contribution in [2.45, 2.75) is 12.3 Å². The highest BCUT2D eigenvalue weighted by atomic mass is 16.2. The Morgan fingerprint density at radius 3 is 2.50 bits per heavy atom. The molecule has 1 aliphatic heterocycles. The lowest BCUT2D eigenvalue weighted by Gasteiger charge is -2.17. The monoisotopic (exact) mass is 266 g/mol. The van der Waals surface area contributed by atoms with E-state index in [1.807, 2.05) is 23.1 Å². The zero-order valence-corrected chi connectivity index (χ0v) is 11.3. The fourth-order valence-corrected chi connectivity index (χ4v) is 2.80. The summed E-state index contributed by atoms with van der Waals surface area (Å²) in [7, 11) is 0. The first-order valence-corrected chi connectivity index (χ1v) is 6.94. The smallest absolute Gasteiger partial charge is 0.255 e. The number of carbonyl (C=O) groups excluding carboxylic acids is 1. The number of rotatable bonds is 2. The first-order valence-electron chi connectivity index (χ1n) is 6.94. The Balaban J connectivity index is 1.75. The van der Waals surface area contributed by atoms with E-state index in [1.54, 1.807) is 12.1 Å². The molecule has 0 aliphatic carbocycles. The standard InChI is InChI=1S/C17H18N2O/c18-16-9-5-4-8-15(16)17(20)19-11-10-14(12-19)13-6-2-1-3-7-13/h1-9,14H,10-12,18H2/t14-/m1/s1. The van der Waals surface area contributed by atoms with Gasteiger partial charge in [-0.15, -0.1) is 0 Å². The molecule has 20 heavy (non-hydrogen) atoms. The first kappa shape index (κ1) is 12.7. The second-order valence-electron chi connectivity index (χ2n) is 5.23. The largest absolute Gasteiger partial charge is 0.398 e. The molecule has 1 fully saturated rings. The molecule has 102 valence electrons. The van der Waals surface area contributed by atoms with E-state index in [1.165, 1.54) is 5.56 Å². The van der Waals surface area contributed by atoms with Crippen molar-refractivity contribution in [2.24, 2.45) is 0 Å². The van der Waals surface area contributed by atoms with Gasteiger partial charge in [-0.1, -0.05) is 42.5 Å². The molecule has 3 nitrogen and oxygen atoms in total. The second kappa shape index (κ2) is 5.37. The minimum Gasteiger partial charge on any atom is -0.398 e. The normalized spacial score (nSPS) is 18.2. The van der Waals surface area contributed by atoms with Crippen LogP contribution in [0.5, 0.6) is 0 Å². The Morgan fingerprint density at radius 1 is 1.05 bits per heavy atom. The minimum atomic E-state index is 0.0431. The Labute approximate surface area is 119 Å². The maximum absolute atomic E-state index is 12.5. The molecule has 0 unspecified atom stereocenters. The number of benzene rings is 2. The van der Waals surface area contributed by atoms with Crippen LogP contribution in [0.15, 0.2) is 54.6 Å². The van der Waals surface area contributed by atoms with E-state index in [0.29, 0.717) is 17.2 Å². The van der Waals surface area contributed by atoms with Crippen molar-refractivity contribution in [3.63, 3.8) is 0 Å². The molecule has 3 heteroatoms. The van der Waals surface area contributed by atoms with Gasteiger partial charge in [-0.3, -0.25) is 4.79 Å². The summed E-state index contributed by atoms with van der Waals surface area (Å²) >= 11 is 0. The fourth-order valence-electron chi connectivity index (χ4n) is 2.80. The van der Waals surface area contributed by atoms with Gasteiger partial charge in [-0.2, -0.15) is 0 Å². The summed E-state index contributed by atoms with van der Waals surface area (Å²) in [5.74, 6) is 0.478. The van der Waals surface area contributed by atoms with Gasteiger partial charge in [0.25, 0.3) is 5.91 Å². The number of amides is 1. The number of nitrogen functional groups attached to an aromatic ring is 1. The van der Waals surface area contributed by atoms with Crippen LogP contribution in [-0.4, -0.2) is 23.9 Å². The fraction of sp³-hybridized carbons (Fsp3) is 0.235. The second-order valence-corrected chi connectivity index (χ2v) is 5.23. The molecule has 3 rings (SSSR count). The predicted molar refractivity (Wildman–Crippen MR) is 80.6 cm³/mol. The van der Waals surface area contributed by atoms with E-state index >= 15 is 0 Å². The lowest BCUT2D eigenvalue weighted by Crippen LogP contribution is -2.29. The summed E-state index contributed by atoms with van der Waals surface area (Å²) in [4.78, 5) is 14.4. The topological polar surface area (TPSA) is 46.3 Å². The van der Waals surface area contributed by atoms with Gasteiger partial charge in [0.15, 0.2) is 0 Å². The van der Waals surface area contributed by atoms with E-state index < -0.39 is 0 Å². The number of nitrogens with zero attached hydrogens (tertiary/aromatic N) is 1.